The first-order valence-electron chi connectivity index (χ1n) is 9.67. The average Bonchev–Trinajstić information content (AvgIpc) is 3.08. The zero-order valence-electron chi connectivity index (χ0n) is 17.0. The summed E-state index contributed by atoms with van der Waals surface area (Å²) in [6.45, 7) is -0.442. The number of thioether (sulfide) groups is 1. The van der Waals surface area contributed by atoms with Gasteiger partial charge in [0.15, 0.2) is 6.61 Å². The van der Waals surface area contributed by atoms with Gasteiger partial charge in [0.2, 0.25) is 0 Å². The second-order valence-electron chi connectivity index (χ2n) is 6.89. The number of anilines is 2. The Kier molecular flexibility index (Phi) is 6.04. The van der Waals surface area contributed by atoms with Crippen molar-refractivity contribution in [3.8, 4) is 0 Å². The molecule has 0 fully saturated rings. The molecule has 1 aliphatic heterocycles. The summed E-state index contributed by atoms with van der Waals surface area (Å²) in [7, 11) is 0. The Morgan fingerprint density at radius 3 is 2.19 bits per heavy atom. The molecule has 1 aliphatic rings. The third kappa shape index (κ3) is 4.26. The monoisotopic (exact) mass is 446 g/mol. The summed E-state index contributed by atoms with van der Waals surface area (Å²) in [5.74, 6) is -1.97. The number of benzene rings is 3. The quantitative estimate of drug-likeness (QED) is 0.350. The summed E-state index contributed by atoms with van der Waals surface area (Å²) in [6.07, 6.45) is 1.93. The van der Waals surface area contributed by atoms with Gasteiger partial charge in [-0.15, -0.1) is 11.8 Å². The highest BCUT2D eigenvalue weighted by Crippen LogP contribution is 2.28. The highest BCUT2D eigenvalue weighted by molar-refractivity contribution is 7.98. The van der Waals surface area contributed by atoms with Crippen LogP contribution < -0.4 is 10.2 Å². The number of fused-ring (bicyclic) bond motifs is 1. The lowest BCUT2D eigenvalue weighted by Gasteiger charge is -2.14. The summed E-state index contributed by atoms with van der Waals surface area (Å²) in [5, 5.41) is 2.68. The molecule has 0 saturated heterocycles. The van der Waals surface area contributed by atoms with E-state index in [1.807, 2.05) is 24.5 Å². The predicted molar refractivity (Wildman–Crippen MR) is 121 cm³/mol. The standard InChI is InChI=1S/C24H18N2O5S/c1-32-18-6-4-5-16(13-18)25-21(27)14-31-24(30)15-9-11-17(12-10-15)26-22(28)19-7-2-3-8-20(19)23(26)29/h2-13H,14H2,1H3,(H,25,27). The van der Waals surface area contributed by atoms with Gasteiger partial charge in [0.05, 0.1) is 22.4 Å². The van der Waals surface area contributed by atoms with E-state index in [1.54, 1.807) is 42.1 Å². The molecule has 7 nitrogen and oxygen atoms in total. The van der Waals surface area contributed by atoms with Crippen molar-refractivity contribution >= 4 is 46.8 Å². The van der Waals surface area contributed by atoms with Gasteiger partial charge in [0, 0.05) is 10.6 Å². The molecule has 0 bridgehead atoms. The molecule has 1 N–H and O–H groups in total. The Morgan fingerprint density at radius 2 is 1.56 bits per heavy atom. The number of esters is 1. The van der Waals surface area contributed by atoms with Gasteiger partial charge in [-0.2, -0.15) is 0 Å². The minimum absolute atomic E-state index is 0.197. The van der Waals surface area contributed by atoms with Crippen LogP contribution in [0.3, 0.4) is 0 Å². The molecule has 3 aromatic rings. The molecule has 32 heavy (non-hydrogen) atoms. The fraction of sp³-hybridized carbons (Fsp3) is 0.0833. The van der Waals surface area contributed by atoms with Gasteiger partial charge in [-0.25, -0.2) is 9.69 Å². The van der Waals surface area contributed by atoms with Crippen LogP contribution in [0, 0.1) is 0 Å². The van der Waals surface area contributed by atoms with Crippen LogP contribution in [0.2, 0.25) is 0 Å². The molecule has 3 amide bonds. The van der Waals surface area contributed by atoms with E-state index in [2.05, 4.69) is 5.32 Å². The molecule has 0 aromatic heterocycles. The molecular weight excluding hydrogens is 428 g/mol. The van der Waals surface area contributed by atoms with Crippen LogP contribution in [-0.4, -0.2) is 36.6 Å². The van der Waals surface area contributed by atoms with Crippen molar-refractivity contribution < 1.29 is 23.9 Å². The Morgan fingerprint density at radius 1 is 0.906 bits per heavy atom. The van der Waals surface area contributed by atoms with E-state index in [9.17, 15) is 19.2 Å². The summed E-state index contributed by atoms with van der Waals surface area (Å²) >= 11 is 1.55. The van der Waals surface area contributed by atoms with Gasteiger partial charge in [-0.3, -0.25) is 14.4 Å². The first-order valence-corrected chi connectivity index (χ1v) is 10.9. The summed E-state index contributed by atoms with van der Waals surface area (Å²) in [5.41, 5.74) is 1.84. The van der Waals surface area contributed by atoms with E-state index in [-0.39, 0.29) is 5.56 Å². The number of amides is 3. The average molecular weight is 446 g/mol. The first-order chi connectivity index (χ1) is 15.5. The van der Waals surface area contributed by atoms with Crippen molar-refractivity contribution in [1.29, 1.82) is 0 Å². The number of ether oxygens (including phenoxy) is 1. The third-order valence-electron chi connectivity index (χ3n) is 4.84. The topological polar surface area (TPSA) is 92.8 Å². The van der Waals surface area contributed by atoms with Crippen molar-refractivity contribution in [3.63, 3.8) is 0 Å². The molecule has 160 valence electrons. The maximum absolute atomic E-state index is 12.6. The van der Waals surface area contributed by atoms with Crippen LogP contribution in [0.25, 0.3) is 0 Å². The second kappa shape index (κ2) is 9.07. The van der Waals surface area contributed by atoms with E-state index in [0.29, 0.717) is 22.5 Å². The molecule has 3 aromatic carbocycles. The van der Waals surface area contributed by atoms with Gasteiger partial charge in [-0.05, 0) is 60.9 Å². The van der Waals surface area contributed by atoms with Gasteiger partial charge in [0.1, 0.15) is 0 Å². The second-order valence-corrected chi connectivity index (χ2v) is 7.77. The summed E-state index contributed by atoms with van der Waals surface area (Å²) < 4.78 is 5.07. The maximum atomic E-state index is 12.6. The van der Waals surface area contributed by atoms with E-state index < -0.39 is 30.3 Å². The number of nitrogens with one attached hydrogen (secondary N) is 1. The van der Waals surface area contributed by atoms with Crippen molar-refractivity contribution in [2.45, 2.75) is 4.90 Å². The van der Waals surface area contributed by atoms with Gasteiger partial charge in [0.25, 0.3) is 17.7 Å². The molecule has 0 spiro atoms. The van der Waals surface area contributed by atoms with Crippen molar-refractivity contribution in [2.75, 3.05) is 23.1 Å². The lowest BCUT2D eigenvalue weighted by atomic mass is 10.1. The number of imide groups is 1. The van der Waals surface area contributed by atoms with Crippen LogP contribution >= 0.6 is 11.8 Å². The molecule has 0 atom stereocenters. The fourth-order valence-electron chi connectivity index (χ4n) is 3.28. The van der Waals surface area contributed by atoms with E-state index >= 15 is 0 Å². The Labute approximate surface area is 188 Å². The molecule has 0 aliphatic carbocycles. The first kappa shape index (κ1) is 21.3. The van der Waals surface area contributed by atoms with Crippen LogP contribution in [-0.2, 0) is 9.53 Å². The van der Waals surface area contributed by atoms with Crippen molar-refractivity contribution in [1.82, 2.24) is 0 Å². The molecule has 0 saturated carbocycles. The minimum atomic E-state index is -0.688. The smallest absolute Gasteiger partial charge is 0.338 e. The molecule has 0 radical (unpaired) electrons. The molecular formula is C24H18N2O5S. The van der Waals surface area contributed by atoms with Crippen LogP contribution in [0.5, 0.6) is 0 Å². The molecule has 8 heteroatoms. The number of hydrogen-bond acceptors (Lipinski definition) is 6. The minimum Gasteiger partial charge on any atom is -0.452 e. The summed E-state index contributed by atoms with van der Waals surface area (Å²) in [6, 6.07) is 19.8. The zero-order valence-corrected chi connectivity index (χ0v) is 17.8. The molecule has 1 heterocycles. The number of carbonyl (C=O) groups excluding carboxylic acids is 4. The lowest BCUT2D eigenvalue weighted by Crippen LogP contribution is -2.29. The number of carbonyl (C=O) groups is 4. The number of hydrogen-bond donors (Lipinski definition) is 1. The normalized spacial score (nSPS) is 12.5. The predicted octanol–water partition coefficient (Wildman–Crippen LogP) is 4.00. The molecule has 4 rings (SSSR count). The SMILES string of the molecule is CSc1cccc(NC(=O)COC(=O)c2ccc(N3C(=O)c4ccccc4C3=O)cc2)c1. The fourth-order valence-corrected chi connectivity index (χ4v) is 3.74. The van der Waals surface area contributed by atoms with E-state index in [0.717, 1.165) is 9.80 Å². The highest BCUT2D eigenvalue weighted by Gasteiger charge is 2.36. The largest absolute Gasteiger partial charge is 0.452 e. The Hall–Kier alpha value is -3.91. The number of rotatable bonds is 6. The van der Waals surface area contributed by atoms with Gasteiger partial charge >= 0.3 is 5.97 Å². The Bertz CT molecular complexity index is 1190. The third-order valence-corrected chi connectivity index (χ3v) is 5.57. The van der Waals surface area contributed by atoms with Gasteiger partial charge in [-0.1, -0.05) is 18.2 Å². The molecule has 0 unspecified atom stereocenters. The van der Waals surface area contributed by atoms with Crippen molar-refractivity contribution in [2.24, 2.45) is 0 Å². The van der Waals surface area contributed by atoms with Crippen LogP contribution in [0.1, 0.15) is 31.1 Å². The summed E-state index contributed by atoms with van der Waals surface area (Å²) in [4.78, 5) is 51.6. The van der Waals surface area contributed by atoms with E-state index in [4.69, 9.17) is 4.74 Å². The van der Waals surface area contributed by atoms with Crippen LogP contribution in [0.4, 0.5) is 11.4 Å². The van der Waals surface area contributed by atoms with Crippen molar-refractivity contribution in [3.05, 3.63) is 89.5 Å². The Balaban J connectivity index is 1.37. The maximum Gasteiger partial charge on any atom is 0.338 e. The van der Waals surface area contributed by atoms with Gasteiger partial charge < -0.3 is 10.1 Å². The van der Waals surface area contributed by atoms with E-state index in [1.165, 1.54) is 24.3 Å². The van der Waals surface area contributed by atoms with Crippen LogP contribution in [0.15, 0.2) is 77.7 Å². The highest BCUT2D eigenvalue weighted by atomic mass is 32.2. The lowest BCUT2D eigenvalue weighted by molar-refractivity contribution is -0.119. The zero-order chi connectivity index (χ0) is 22.7. The number of nitrogens with zero attached hydrogens (tertiary/aromatic N) is 1.